The van der Waals surface area contributed by atoms with E-state index in [1.165, 1.54) is 23.9 Å². The van der Waals surface area contributed by atoms with Gasteiger partial charge in [-0.05, 0) is 37.6 Å². The maximum Gasteiger partial charge on any atom is 0.262 e. The van der Waals surface area contributed by atoms with E-state index in [0.717, 1.165) is 12.8 Å². The van der Waals surface area contributed by atoms with E-state index in [0.29, 0.717) is 33.3 Å². The van der Waals surface area contributed by atoms with Gasteiger partial charge in [-0.3, -0.25) is 14.2 Å². The molecule has 1 atom stereocenters. The van der Waals surface area contributed by atoms with Crippen LogP contribution in [0.5, 0.6) is 0 Å². The molecule has 1 N–H and O–H groups in total. The molecule has 5 nitrogen and oxygen atoms in total. The number of anilines is 1. The Morgan fingerprint density at radius 2 is 1.87 bits per heavy atom. The summed E-state index contributed by atoms with van der Waals surface area (Å²) in [5.41, 5.74) is 0.803. The monoisotopic (exact) mass is 483 g/mol. The molecule has 1 aromatic heterocycles. The Bertz CT molecular complexity index is 1130. The number of amides is 1. The number of aromatic nitrogens is 2. The van der Waals surface area contributed by atoms with Gasteiger partial charge < -0.3 is 5.32 Å². The number of halogens is 3. The number of nitrogens with zero attached hydrogens (tertiary/aromatic N) is 2. The highest BCUT2D eigenvalue weighted by atomic mass is 35.5. The molecule has 2 aromatic carbocycles. The van der Waals surface area contributed by atoms with Crippen molar-refractivity contribution in [3.8, 4) is 0 Å². The SMILES string of the molecule is CCCCn1c(SC(C)C(=O)Nc2c(Cl)cc(Cl)cc2Cl)nc2ccccc2c1=O. The molecule has 1 unspecified atom stereocenters. The van der Waals surface area contributed by atoms with Crippen LogP contribution in [0.1, 0.15) is 26.7 Å². The van der Waals surface area contributed by atoms with Crippen LogP contribution in [-0.2, 0) is 11.3 Å². The third-order valence-electron chi connectivity index (χ3n) is 4.47. The molecule has 3 rings (SSSR count). The second-order valence-corrected chi connectivity index (χ2v) is 9.27. The van der Waals surface area contributed by atoms with Crippen molar-refractivity contribution >= 4 is 69.1 Å². The number of para-hydroxylation sites is 1. The minimum absolute atomic E-state index is 0.104. The molecule has 0 spiro atoms. The highest BCUT2D eigenvalue weighted by Crippen LogP contribution is 2.34. The second kappa shape index (κ2) is 10.1. The normalized spacial score (nSPS) is 12.2. The van der Waals surface area contributed by atoms with E-state index in [4.69, 9.17) is 34.8 Å². The van der Waals surface area contributed by atoms with Crippen molar-refractivity contribution in [2.24, 2.45) is 0 Å². The van der Waals surface area contributed by atoms with Crippen LogP contribution in [0.25, 0.3) is 10.9 Å². The third kappa shape index (κ3) is 5.11. The Labute approximate surface area is 193 Å². The lowest BCUT2D eigenvalue weighted by molar-refractivity contribution is -0.115. The van der Waals surface area contributed by atoms with Crippen LogP contribution in [0.4, 0.5) is 5.69 Å². The standard InChI is InChI=1S/C21H20Cl3N3O2S/c1-3-4-9-27-20(29)14-7-5-6-8-17(14)25-21(27)30-12(2)19(28)26-18-15(23)10-13(22)11-16(18)24/h5-8,10-12H,3-4,9H2,1-2H3,(H,26,28). The predicted molar refractivity (Wildman–Crippen MR) is 126 cm³/mol. The van der Waals surface area contributed by atoms with Gasteiger partial charge in [0.2, 0.25) is 5.91 Å². The first kappa shape index (κ1) is 22.9. The van der Waals surface area contributed by atoms with E-state index < -0.39 is 5.25 Å². The summed E-state index contributed by atoms with van der Waals surface area (Å²) in [5.74, 6) is -0.310. The Balaban J connectivity index is 1.89. The van der Waals surface area contributed by atoms with Crippen molar-refractivity contribution in [1.29, 1.82) is 0 Å². The molecule has 158 valence electrons. The van der Waals surface area contributed by atoms with Gasteiger partial charge in [-0.2, -0.15) is 0 Å². The molecular formula is C21H20Cl3N3O2S. The fourth-order valence-electron chi connectivity index (χ4n) is 2.85. The molecule has 1 amide bonds. The molecule has 0 saturated carbocycles. The minimum atomic E-state index is -0.547. The smallest absolute Gasteiger partial charge is 0.262 e. The average molecular weight is 485 g/mol. The zero-order chi connectivity index (χ0) is 21.8. The van der Waals surface area contributed by atoms with Gasteiger partial charge in [-0.1, -0.05) is 72.0 Å². The minimum Gasteiger partial charge on any atom is -0.323 e. The predicted octanol–water partition coefficient (Wildman–Crippen LogP) is 6.28. The lowest BCUT2D eigenvalue weighted by Gasteiger charge is -2.17. The number of carbonyl (C=O) groups is 1. The molecular weight excluding hydrogens is 465 g/mol. The molecule has 30 heavy (non-hydrogen) atoms. The maximum absolute atomic E-state index is 13.0. The number of hydrogen-bond donors (Lipinski definition) is 1. The van der Waals surface area contributed by atoms with Gasteiger partial charge in [-0.15, -0.1) is 0 Å². The van der Waals surface area contributed by atoms with Gasteiger partial charge in [-0.25, -0.2) is 4.98 Å². The fourth-order valence-corrected chi connectivity index (χ4v) is 4.70. The van der Waals surface area contributed by atoms with Gasteiger partial charge in [0.25, 0.3) is 5.56 Å². The van der Waals surface area contributed by atoms with Gasteiger partial charge in [0.1, 0.15) is 0 Å². The molecule has 9 heteroatoms. The largest absolute Gasteiger partial charge is 0.323 e. The summed E-state index contributed by atoms with van der Waals surface area (Å²) >= 11 is 19.5. The Hall–Kier alpha value is -1.73. The molecule has 0 aliphatic heterocycles. The van der Waals surface area contributed by atoms with Crippen LogP contribution in [0, 0.1) is 0 Å². The number of rotatable bonds is 7. The zero-order valence-electron chi connectivity index (χ0n) is 16.4. The van der Waals surface area contributed by atoms with E-state index in [9.17, 15) is 9.59 Å². The Kier molecular flexibility index (Phi) is 7.69. The molecule has 0 aliphatic carbocycles. The van der Waals surface area contributed by atoms with Crippen LogP contribution < -0.4 is 10.9 Å². The van der Waals surface area contributed by atoms with E-state index >= 15 is 0 Å². The number of carbonyl (C=O) groups excluding carboxylic acids is 1. The lowest BCUT2D eigenvalue weighted by atomic mass is 10.2. The van der Waals surface area contributed by atoms with Gasteiger partial charge in [0, 0.05) is 11.6 Å². The molecule has 1 heterocycles. The first-order chi connectivity index (χ1) is 14.3. The third-order valence-corrected chi connectivity index (χ3v) is 6.37. The summed E-state index contributed by atoms with van der Waals surface area (Å²) in [6.45, 7) is 4.34. The van der Waals surface area contributed by atoms with E-state index in [1.54, 1.807) is 23.6 Å². The Morgan fingerprint density at radius 1 is 1.20 bits per heavy atom. The molecule has 0 aliphatic rings. The molecule has 0 radical (unpaired) electrons. The number of unbranched alkanes of at least 4 members (excludes halogenated alkanes) is 1. The summed E-state index contributed by atoms with van der Waals surface area (Å²) in [7, 11) is 0. The van der Waals surface area contributed by atoms with Gasteiger partial charge >= 0.3 is 0 Å². The van der Waals surface area contributed by atoms with Gasteiger partial charge in [0.05, 0.1) is 31.9 Å². The average Bonchev–Trinajstić information content (AvgIpc) is 2.70. The summed E-state index contributed by atoms with van der Waals surface area (Å²) in [5, 5.41) is 4.15. The second-order valence-electron chi connectivity index (χ2n) is 6.72. The van der Waals surface area contributed by atoms with Crippen molar-refractivity contribution in [1.82, 2.24) is 9.55 Å². The van der Waals surface area contributed by atoms with Crippen molar-refractivity contribution < 1.29 is 4.79 Å². The number of hydrogen-bond acceptors (Lipinski definition) is 4. The fraction of sp³-hybridized carbons (Fsp3) is 0.286. The topological polar surface area (TPSA) is 64.0 Å². The number of thioether (sulfide) groups is 1. The molecule has 0 saturated heterocycles. The molecule has 3 aromatic rings. The van der Waals surface area contributed by atoms with Crippen LogP contribution >= 0.6 is 46.6 Å². The van der Waals surface area contributed by atoms with Crippen molar-refractivity contribution in [2.45, 2.75) is 43.6 Å². The first-order valence-electron chi connectivity index (χ1n) is 9.43. The summed E-state index contributed by atoms with van der Waals surface area (Å²) < 4.78 is 1.64. The molecule has 0 bridgehead atoms. The molecule has 0 fully saturated rings. The van der Waals surface area contributed by atoms with Crippen molar-refractivity contribution in [2.75, 3.05) is 5.32 Å². The first-order valence-corrected chi connectivity index (χ1v) is 11.4. The van der Waals surface area contributed by atoms with Crippen LogP contribution in [0.15, 0.2) is 46.3 Å². The summed E-state index contributed by atoms with van der Waals surface area (Å²) in [4.78, 5) is 30.4. The highest BCUT2D eigenvalue weighted by Gasteiger charge is 2.21. The quantitative estimate of drug-likeness (QED) is 0.317. The number of fused-ring (bicyclic) bond motifs is 1. The van der Waals surface area contributed by atoms with Crippen LogP contribution in [0.2, 0.25) is 15.1 Å². The number of benzene rings is 2. The summed E-state index contributed by atoms with van der Waals surface area (Å²) in [6, 6.07) is 10.2. The zero-order valence-corrected chi connectivity index (χ0v) is 19.5. The highest BCUT2D eigenvalue weighted by molar-refractivity contribution is 8.00. The van der Waals surface area contributed by atoms with E-state index in [-0.39, 0.29) is 21.5 Å². The van der Waals surface area contributed by atoms with Crippen LogP contribution in [-0.4, -0.2) is 20.7 Å². The van der Waals surface area contributed by atoms with Crippen molar-refractivity contribution in [3.05, 3.63) is 61.8 Å². The van der Waals surface area contributed by atoms with Gasteiger partial charge in [0.15, 0.2) is 5.16 Å². The van der Waals surface area contributed by atoms with Crippen molar-refractivity contribution in [3.63, 3.8) is 0 Å². The summed E-state index contributed by atoms with van der Waals surface area (Å²) in [6.07, 6.45) is 1.77. The lowest BCUT2D eigenvalue weighted by Crippen LogP contribution is -2.27. The van der Waals surface area contributed by atoms with E-state index in [1.807, 2.05) is 12.1 Å². The maximum atomic E-state index is 13.0. The van der Waals surface area contributed by atoms with Crippen LogP contribution in [0.3, 0.4) is 0 Å². The van der Waals surface area contributed by atoms with E-state index in [2.05, 4.69) is 17.2 Å². The Morgan fingerprint density at radius 3 is 2.53 bits per heavy atom. The number of nitrogens with one attached hydrogen (secondary N) is 1.